The minimum Gasteiger partial charge on any atom is -0.475 e. The molecule has 2 aromatic rings. The fourth-order valence-corrected chi connectivity index (χ4v) is 2.78. The summed E-state index contributed by atoms with van der Waals surface area (Å²) in [7, 11) is 1.80. The molecule has 1 fully saturated rings. The first kappa shape index (κ1) is 16.1. The fourth-order valence-electron chi connectivity index (χ4n) is 2.78. The Balaban J connectivity index is 1.70. The van der Waals surface area contributed by atoms with Crippen molar-refractivity contribution in [3.8, 4) is 5.88 Å². The highest BCUT2D eigenvalue weighted by atomic mass is 16.5. The molecule has 0 aliphatic carbocycles. The first-order valence-electron chi connectivity index (χ1n) is 7.92. The first-order valence-corrected chi connectivity index (χ1v) is 7.92. The van der Waals surface area contributed by atoms with E-state index in [0.29, 0.717) is 24.7 Å². The van der Waals surface area contributed by atoms with Gasteiger partial charge in [-0.05, 0) is 13.3 Å². The van der Waals surface area contributed by atoms with E-state index in [2.05, 4.69) is 24.8 Å². The number of carbonyl (C=O) groups is 1. The molecule has 1 aliphatic rings. The topological polar surface area (TPSA) is 84.3 Å². The highest BCUT2D eigenvalue weighted by Crippen LogP contribution is 2.27. The lowest BCUT2D eigenvalue weighted by Gasteiger charge is -2.25. The van der Waals surface area contributed by atoms with Crippen molar-refractivity contribution in [2.45, 2.75) is 19.4 Å². The van der Waals surface area contributed by atoms with E-state index in [-0.39, 0.29) is 11.9 Å². The Hall–Kier alpha value is -2.77. The monoisotopic (exact) mass is 328 g/mol. The lowest BCUT2D eigenvalue weighted by molar-refractivity contribution is 0.0738. The van der Waals surface area contributed by atoms with Crippen LogP contribution in [0.25, 0.3) is 0 Å². The molecular weight excluding hydrogens is 308 g/mol. The Morgan fingerprint density at radius 2 is 2.08 bits per heavy atom. The van der Waals surface area contributed by atoms with Crippen LogP contribution in [0, 0.1) is 0 Å². The maximum absolute atomic E-state index is 12.5. The van der Waals surface area contributed by atoms with Gasteiger partial charge in [0.05, 0.1) is 18.8 Å². The third kappa shape index (κ3) is 3.27. The van der Waals surface area contributed by atoms with E-state index in [0.717, 1.165) is 18.8 Å². The zero-order valence-corrected chi connectivity index (χ0v) is 13.8. The minimum absolute atomic E-state index is 0.0796. The van der Waals surface area contributed by atoms with Crippen LogP contribution in [0.5, 0.6) is 5.88 Å². The molecule has 2 aromatic heterocycles. The van der Waals surface area contributed by atoms with Crippen molar-refractivity contribution in [3.63, 3.8) is 0 Å². The van der Waals surface area contributed by atoms with E-state index in [1.54, 1.807) is 30.5 Å². The minimum atomic E-state index is -0.126. The van der Waals surface area contributed by atoms with Gasteiger partial charge in [0, 0.05) is 44.9 Å². The van der Waals surface area contributed by atoms with E-state index in [1.165, 1.54) is 12.4 Å². The maximum Gasteiger partial charge on any atom is 0.274 e. The van der Waals surface area contributed by atoms with Crippen molar-refractivity contribution in [2.24, 2.45) is 0 Å². The Morgan fingerprint density at radius 1 is 1.29 bits per heavy atom. The number of anilines is 1. The van der Waals surface area contributed by atoms with Crippen molar-refractivity contribution in [3.05, 3.63) is 36.7 Å². The molecule has 1 atom stereocenters. The zero-order valence-electron chi connectivity index (χ0n) is 13.8. The van der Waals surface area contributed by atoms with Gasteiger partial charge in [-0.15, -0.1) is 0 Å². The summed E-state index contributed by atoms with van der Waals surface area (Å²) in [6.45, 7) is 3.93. The third-order valence-corrected chi connectivity index (χ3v) is 4.04. The molecule has 126 valence electrons. The second kappa shape index (κ2) is 7.20. The molecule has 0 radical (unpaired) electrons. The first-order chi connectivity index (χ1) is 11.7. The summed E-state index contributed by atoms with van der Waals surface area (Å²) in [5.74, 6) is 1.13. The van der Waals surface area contributed by atoms with Crippen LogP contribution in [0.15, 0.2) is 31.0 Å². The molecule has 1 amide bonds. The Morgan fingerprint density at radius 3 is 2.83 bits per heavy atom. The van der Waals surface area contributed by atoms with Crippen molar-refractivity contribution in [1.29, 1.82) is 0 Å². The second-order valence-corrected chi connectivity index (χ2v) is 5.51. The molecule has 24 heavy (non-hydrogen) atoms. The van der Waals surface area contributed by atoms with Crippen LogP contribution in [0.2, 0.25) is 0 Å². The normalized spacial score (nSPS) is 16.9. The van der Waals surface area contributed by atoms with Gasteiger partial charge in [-0.3, -0.25) is 9.78 Å². The van der Waals surface area contributed by atoms with E-state index in [4.69, 9.17) is 4.74 Å². The van der Waals surface area contributed by atoms with Gasteiger partial charge in [-0.2, -0.15) is 0 Å². The Labute approximate surface area is 140 Å². The standard InChI is InChI=1S/C16H20N6O2/c1-3-24-15-14(19-7-8-20-15)22-9-4-12(11-22)21(2)16(23)13-10-17-5-6-18-13/h5-8,10,12H,3-4,9,11H2,1-2H3/t12-/m1/s1. The van der Waals surface area contributed by atoms with E-state index in [1.807, 2.05) is 6.92 Å². The number of nitrogens with zero attached hydrogens (tertiary/aromatic N) is 6. The molecule has 0 aromatic carbocycles. The number of hydrogen-bond donors (Lipinski definition) is 0. The van der Waals surface area contributed by atoms with Gasteiger partial charge >= 0.3 is 0 Å². The van der Waals surface area contributed by atoms with Crippen LogP contribution < -0.4 is 9.64 Å². The summed E-state index contributed by atoms with van der Waals surface area (Å²) >= 11 is 0. The molecule has 1 saturated heterocycles. The van der Waals surface area contributed by atoms with Gasteiger partial charge < -0.3 is 14.5 Å². The number of ether oxygens (including phenoxy) is 1. The third-order valence-electron chi connectivity index (χ3n) is 4.04. The van der Waals surface area contributed by atoms with Crippen molar-refractivity contribution >= 4 is 11.7 Å². The quantitative estimate of drug-likeness (QED) is 0.810. The molecule has 8 nitrogen and oxygen atoms in total. The van der Waals surface area contributed by atoms with Gasteiger partial charge in [0.15, 0.2) is 5.82 Å². The second-order valence-electron chi connectivity index (χ2n) is 5.51. The van der Waals surface area contributed by atoms with E-state index in [9.17, 15) is 4.79 Å². The number of hydrogen-bond acceptors (Lipinski definition) is 7. The summed E-state index contributed by atoms with van der Waals surface area (Å²) in [5.41, 5.74) is 0.355. The van der Waals surface area contributed by atoms with E-state index < -0.39 is 0 Å². The summed E-state index contributed by atoms with van der Waals surface area (Å²) in [4.78, 5) is 33.0. The van der Waals surface area contributed by atoms with Gasteiger partial charge in [0.25, 0.3) is 11.8 Å². The van der Waals surface area contributed by atoms with Crippen LogP contribution >= 0.6 is 0 Å². The molecule has 0 spiro atoms. The van der Waals surface area contributed by atoms with E-state index >= 15 is 0 Å². The van der Waals surface area contributed by atoms with Crippen LogP contribution in [-0.4, -0.2) is 63.5 Å². The van der Waals surface area contributed by atoms with Crippen LogP contribution in [0.3, 0.4) is 0 Å². The molecule has 0 bridgehead atoms. The Kier molecular flexibility index (Phi) is 4.83. The lowest BCUT2D eigenvalue weighted by atomic mass is 10.2. The smallest absolute Gasteiger partial charge is 0.274 e. The van der Waals surface area contributed by atoms with Crippen LogP contribution in [0.4, 0.5) is 5.82 Å². The van der Waals surface area contributed by atoms with Gasteiger partial charge in [0.1, 0.15) is 5.69 Å². The summed E-state index contributed by atoms with van der Waals surface area (Å²) in [6.07, 6.45) is 8.69. The molecular formula is C16H20N6O2. The molecule has 1 aliphatic heterocycles. The SMILES string of the molecule is CCOc1nccnc1N1CC[C@@H](N(C)C(=O)c2cnccn2)C1. The highest BCUT2D eigenvalue weighted by Gasteiger charge is 2.31. The predicted octanol–water partition coefficient (Wildman–Crippen LogP) is 1.02. The van der Waals surface area contributed by atoms with Crippen LogP contribution in [-0.2, 0) is 0 Å². The Bertz CT molecular complexity index is 696. The predicted molar refractivity (Wildman–Crippen MR) is 87.9 cm³/mol. The highest BCUT2D eigenvalue weighted by molar-refractivity contribution is 5.92. The van der Waals surface area contributed by atoms with Crippen LogP contribution in [0.1, 0.15) is 23.8 Å². The average Bonchev–Trinajstić information content (AvgIpc) is 3.12. The number of aromatic nitrogens is 4. The number of carbonyl (C=O) groups excluding carboxylic acids is 1. The number of amides is 1. The largest absolute Gasteiger partial charge is 0.475 e. The summed E-state index contributed by atoms with van der Waals surface area (Å²) < 4.78 is 5.55. The van der Waals surface area contributed by atoms with Crippen molar-refractivity contribution < 1.29 is 9.53 Å². The number of rotatable bonds is 5. The molecule has 3 rings (SSSR count). The lowest BCUT2D eigenvalue weighted by Crippen LogP contribution is -2.39. The van der Waals surface area contributed by atoms with Crippen molar-refractivity contribution in [1.82, 2.24) is 24.8 Å². The van der Waals surface area contributed by atoms with Gasteiger partial charge in [0.2, 0.25) is 0 Å². The van der Waals surface area contributed by atoms with Gasteiger partial charge in [-0.1, -0.05) is 0 Å². The summed E-state index contributed by atoms with van der Waals surface area (Å²) in [6, 6.07) is 0.0796. The maximum atomic E-state index is 12.5. The molecule has 0 N–H and O–H groups in total. The van der Waals surface area contributed by atoms with Gasteiger partial charge in [-0.25, -0.2) is 15.0 Å². The molecule has 8 heteroatoms. The zero-order chi connectivity index (χ0) is 16.9. The van der Waals surface area contributed by atoms with Crippen molar-refractivity contribution in [2.75, 3.05) is 31.6 Å². The number of likely N-dealkylation sites (N-methyl/N-ethyl adjacent to an activating group) is 1. The molecule has 0 saturated carbocycles. The molecule has 3 heterocycles. The molecule has 0 unspecified atom stereocenters. The average molecular weight is 328 g/mol. The fraction of sp³-hybridized carbons (Fsp3) is 0.438. The summed E-state index contributed by atoms with van der Waals surface area (Å²) in [5, 5.41) is 0.